The minimum absolute atomic E-state index is 0.226. The second kappa shape index (κ2) is 6.04. The van der Waals surface area contributed by atoms with Crippen LogP contribution in [0.3, 0.4) is 0 Å². The molecule has 1 atom stereocenters. The van der Waals surface area contributed by atoms with Crippen LogP contribution in [0.15, 0.2) is 24.3 Å². The van der Waals surface area contributed by atoms with Crippen molar-refractivity contribution < 1.29 is 9.50 Å². The predicted molar refractivity (Wildman–Crippen MR) is 59.1 cm³/mol. The first-order valence-electron chi connectivity index (χ1n) is 4.64. The Balaban J connectivity index is 2.47. The third kappa shape index (κ3) is 3.68. The standard InChI is InChI=1S/C11H15FOS/c1-14-7-6-10(13)8-9-4-2-3-5-11(9)12/h2-5,10,13H,6-8H2,1H3. The van der Waals surface area contributed by atoms with E-state index in [9.17, 15) is 9.50 Å². The van der Waals surface area contributed by atoms with Gasteiger partial charge in [0.1, 0.15) is 5.82 Å². The lowest BCUT2D eigenvalue weighted by Crippen LogP contribution is -2.12. The molecule has 0 aliphatic heterocycles. The van der Waals surface area contributed by atoms with Gasteiger partial charge in [0.05, 0.1) is 6.10 Å². The molecule has 1 aromatic carbocycles. The van der Waals surface area contributed by atoms with Crippen LogP contribution in [0.2, 0.25) is 0 Å². The van der Waals surface area contributed by atoms with Crippen LogP contribution >= 0.6 is 11.8 Å². The van der Waals surface area contributed by atoms with E-state index in [-0.39, 0.29) is 5.82 Å². The van der Waals surface area contributed by atoms with E-state index in [2.05, 4.69) is 0 Å². The highest BCUT2D eigenvalue weighted by molar-refractivity contribution is 7.98. The van der Waals surface area contributed by atoms with Gasteiger partial charge in [-0.25, -0.2) is 4.39 Å². The highest BCUT2D eigenvalue weighted by atomic mass is 32.2. The van der Waals surface area contributed by atoms with Crippen molar-refractivity contribution in [2.75, 3.05) is 12.0 Å². The van der Waals surface area contributed by atoms with Gasteiger partial charge in [-0.2, -0.15) is 11.8 Å². The normalized spacial score (nSPS) is 12.8. The van der Waals surface area contributed by atoms with Crippen LogP contribution in [0.1, 0.15) is 12.0 Å². The summed E-state index contributed by atoms with van der Waals surface area (Å²) in [5.41, 5.74) is 0.598. The first-order chi connectivity index (χ1) is 6.74. The van der Waals surface area contributed by atoms with Crippen LogP contribution in [0.5, 0.6) is 0 Å². The largest absolute Gasteiger partial charge is 0.393 e. The van der Waals surface area contributed by atoms with Gasteiger partial charge in [0.2, 0.25) is 0 Å². The average molecular weight is 214 g/mol. The van der Waals surface area contributed by atoms with Gasteiger partial charge in [-0.15, -0.1) is 0 Å². The fourth-order valence-electron chi connectivity index (χ4n) is 1.27. The van der Waals surface area contributed by atoms with Gasteiger partial charge in [-0.05, 0) is 30.1 Å². The number of hydrogen-bond acceptors (Lipinski definition) is 2. The van der Waals surface area contributed by atoms with E-state index < -0.39 is 6.10 Å². The summed E-state index contributed by atoms with van der Waals surface area (Å²) >= 11 is 1.69. The van der Waals surface area contributed by atoms with Crippen molar-refractivity contribution >= 4 is 11.8 Å². The fourth-order valence-corrected chi connectivity index (χ4v) is 1.78. The Hall–Kier alpha value is -0.540. The van der Waals surface area contributed by atoms with Crippen LogP contribution in [-0.4, -0.2) is 23.2 Å². The molecule has 1 rings (SSSR count). The molecule has 3 heteroatoms. The molecule has 0 radical (unpaired) electrons. The van der Waals surface area contributed by atoms with Gasteiger partial charge in [-0.3, -0.25) is 0 Å². The Bertz CT molecular complexity index is 278. The molecule has 1 aromatic rings. The summed E-state index contributed by atoms with van der Waals surface area (Å²) in [5, 5.41) is 9.58. The van der Waals surface area contributed by atoms with Crippen molar-refractivity contribution in [2.24, 2.45) is 0 Å². The molecular weight excluding hydrogens is 199 g/mol. The van der Waals surface area contributed by atoms with Gasteiger partial charge < -0.3 is 5.11 Å². The average Bonchev–Trinajstić information content (AvgIpc) is 2.18. The number of benzene rings is 1. The molecule has 0 aliphatic carbocycles. The Morgan fingerprint density at radius 3 is 2.79 bits per heavy atom. The molecule has 1 unspecified atom stereocenters. The van der Waals surface area contributed by atoms with Gasteiger partial charge in [0, 0.05) is 6.42 Å². The van der Waals surface area contributed by atoms with Gasteiger partial charge in [0.15, 0.2) is 0 Å². The molecule has 0 aliphatic rings. The Kier molecular flexibility index (Phi) is 4.98. The van der Waals surface area contributed by atoms with E-state index in [1.54, 1.807) is 30.0 Å². The minimum atomic E-state index is -0.431. The highest BCUT2D eigenvalue weighted by Gasteiger charge is 2.08. The third-order valence-electron chi connectivity index (χ3n) is 2.07. The van der Waals surface area contributed by atoms with Crippen molar-refractivity contribution in [3.8, 4) is 0 Å². The van der Waals surface area contributed by atoms with Crippen molar-refractivity contribution in [1.29, 1.82) is 0 Å². The van der Waals surface area contributed by atoms with Crippen LogP contribution in [0, 0.1) is 5.82 Å². The smallest absolute Gasteiger partial charge is 0.126 e. The summed E-state index contributed by atoms with van der Waals surface area (Å²) < 4.78 is 13.2. The molecule has 0 heterocycles. The Morgan fingerprint density at radius 2 is 2.14 bits per heavy atom. The highest BCUT2D eigenvalue weighted by Crippen LogP contribution is 2.11. The summed E-state index contributed by atoms with van der Waals surface area (Å²) in [6, 6.07) is 6.60. The maximum atomic E-state index is 13.2. The van der Waals surface area contributed by atoms with Crippen LogP contribution in [-0.2, 0) is 6.42 Å². The van der Waals surface area contributed by atoms with Crippen LogP contribution in [0.25, 0.3) is 0 Å². The summed E-state index contributed by atoms with van der Waals surface area (Å²) in [6.07, 6.45) is 2.69. The van der Waals surface area contributed by atoms with Crippen molar-refractivity contribution in [3.05, 3.63) is 35.6 Å². The molecule has 0 saturated heterocycles. The van der Waals surface area contributed by atoms with Crippen LogP contribution in [0.4, 0.5) is 4.39 Å². The molecule has 14 heavy (non-hydrogen) atoms. The molecule has 0 saturated carbocycles. The minimum Gasteiger partial charge on any atom is -0.393 e. The van der Waals surface area contributed by atoms with Crippen LogP contribution < -0.4 is 0 Å². The summed E-state index contributed by atoms with van der Waals surface area (Å²) in [4.78, 5) is 0. The Labute approximate surface area is 88.3 Å². The molecule has 0 amide bonds. The van der Waals surface area contributed by atoms with Gasteiger partial charge in [0.25, 0.3) is 0 Å². The summed E-state index contributed by atoms with van der Waals surface area (Å²) in [6.45, 7) is 0. The maximum absolute atomic E-state index is 13.2. The van der Waals surface area contributed by atoms with E-state index in [0.717, 1.165) is 12.2 Å². The number of thioether (sulfide) groups is 1. The first-order valence-corrected chi connectivity index (χ1v) is 6.04. The molecule has 1 N–H and O–H groups in total. The number of hydrogen-bond donors (Lipinski definition) is 1. The molecule has 0 aromatic heterocycles. The van der Waals surface area contributed by atoms with Gasteiger partial charge in [-0.1, -0.05) is 18.2 Å². The maximum Gasteiger partial charge on any atom is 0.126 e. The Morgan fingerprint density at radius 1 is 1.43 bits per heavy atom. The van der Waals surface area contributed by atoms with E-state index in [0.29, 0.717) is 12.0 Å². The predicted octanol–water partition coefficient (Wildman–Crippen LogP) is 2.48. The van der Waals surface area contributed by atoms with Crippen molar-refractivity contribution in [1.82, 2.24) is 0 Å². The summed E-state index contributed by atoms with van der Waals surface area (Å²) in [7, 11) is 0. The molecule has 0 bridgehead atoms. The molecular formula is C11H15FOS. The lowest BCUT2D eigenvalue weighted by atomic mass is 10.1. The van der Waals surface area contributed by atoms with E-state index in [1.165, 1.54) is 6.07 Å². The molecule has 0 spiro atoms. The fraction of sp³-hybridized carbons (Fsp3) is 0.455. The van der Waals surface area contributed by atoms with E-state index in [1.807, 2.05) is 6.26 Å². The monoisotopic (exact) mass is 214 g/mol. The van der Waals surface area contributed by atoms with Crippen molar-refractivity contribution in [2.45, 2.75) is 18.9 Å². The zero-order valence-electron chi connectivity index (χ0n) is 8.24. The zero-order valence-corrected chi connectivity index (χ0v) is 9.06. The molecule has 1 nitrogen and oxygen atoms in total. The number of aliphatic hydroxyl groups excluding tert-OH is 1. The zero-order chi connectivity index (χ0) is 10.4. The third-order valence-corrected chi connectivity index (χ3v) is 2.71. The SMILES string of the molecule is CSCCC(O)Cc1ccccc1F. The molecule has 78 valence electrons. The summed E-state index contributed by atoms with van der Waals surface area (Å²) in [5.74, 6) is 0.686. The lowest BCUT2D eigenvalue weighted by molar-refractivity contribution is 0.171. The first kappa shape index (κ1) is 11.5. The lowest BCUT2D eigenvalue weighted by Gasteiger charge is -2.09. The van der Waals surface area contributed by atoms with E-state index >= 15 is 0 Å². The second-order valence-electron chi connectivity index (χ2n) is 3.23. The number of aliphatic hydroxyl groups is 1. The number of halogens is 1. The second-order valence-corrected chi connectivity index (χ2v) is 4.22. The topological polar surface area (TPSA) is 20.2 Å². The van der Waals surface area contributed by atoms with E-state index in [4.69, 9.17) is 0 Å². The van der Waals surface area contributed by atoms with Gasteiger partial charge >= 0.3 is 0 Å². The van der Waals surface area contributed by atoms with Crippen molar-refractivity contribution in [3.63, 3.8) is 0 Å². The molecule has 0 fully saturated rings. The number of rotatable bonds is 5. The quantitative estimate of drug-likeness (QED) is 0.812.